The minimum atomic E-state index is -0.751. The lowest BCUT2D eigenvalue weighted by atomic mass is 10.1. The van der Waals surface area contributed by atoms with Crippen LogP contribution in [0.4, 0.5) is 10.1 Å². The average molecular weight is 391 g/mol. The molecule has 0 atom stereocenters. The summed E-state index contributed by atoms with van der Waals surface area (Å²) in [5, 5.41) is 3.17. The highest BCUT2D eigenvalue weighted by Gasteiger charge is 2.37. The standard InChI is InChI=1S/C19H16ClFN2O4/c1-10-8-14(15(27-2)9-12(10)20)22-16(24)6-7-23-18(25)11-4-3-5-13(21)17(11)19(23)26/h3-5,8-9H,6-7H2,1-2H3,(H,22,24). The smallest absolute Gasteiger partial charge is 0.264 e. The van der Waals surface area contributed by atoms with Gasteiger partial charge in [0.05, 0.1) is 23.9 Å². The van der Waals surface area contributed by atoms with Crippen molar-refractivity contribution >= 4 is 35.0 Å². The van der Waals surface area contributed by atoms with Gasteiger partial charge in [-0.15, -0.1) is 0 Å². The van der Waals surface area contributed by atoms with E-state index in [4.69, 9.17) is 16.3 Å². The van der Waals surface area contributed by atoms with Crippen LogP contribution in [0.3, 0.4) is 0 Å². The molecule has 1 aliphatic heterocycles. The molecule has 0 saturated carbocycles. The fourth-order valence-electron chi connectivity index (χ4n) is 2.85. The molecule has 2 aromatic carbocycles. The molecule has 0 aliphatic carbocycles. The fourth-order valence-corrected chi connectivity index (χ4v) is 3.00. The number of methoxy groups -OCH3 is 1. The molecule has 1 heterocycles. The number of rotatable bonds is 5. The lowest BCUT2D eigenvalue weighted by Crippen LogP contribution is -2.33. The molecule has 3 amide bonds. The first-order valence-corrected chi connectivity index (χ1v) is 8.50. The molecule has 0 bridgehead atoms. The molecule has 0 saturated heterocycles. The lowest BCUT2D eigenvalue weighted by molar-refractivity contribution is -0.116. The Labute approximate surface area is 159 Å². The Balaban J connectivity index is 1.69. The summed E-state index contributed by atoms with van der Waals surface area (Å²) >= 11 is 6.03. The first kappa shape index (κ1) is 18.8. The van der Waals surface area contributed by atoms with Gasteiger partial charge >= 0.3 is 0 Å². The van der Waals surface area contributed by atoms with Gasteiger partial charge in [-0.1, -0.05) is 17.7 Å². The summed E-state index contributed by atoms with van der Waals surface area (Å²) in [6.45, 7) is 1.62. The Morgan fingerprint density at radius 1 is 1.26 bits per heavy atom. The van der Waals surface area contributed by atoms with Gasteiger partial charge in [-0.25, -0.2) is 4.39 Å². The van der Waals surface area contributed by atoms with Crippen molar-refractivity contribution in [1.82, 2.24) is 4.90 Å². The molecule has 1 N–H and O–H groups in total. The maximum absolute atomic E-state index is 13.8. The van der Waals surface area contributed by atoms with Gasteiger partial charge in [-0.3, -0.25) is 19.3 Å². The average Bonchev–Trinajstić information content (AvgIpc) is 2.88. The van der Waals surface area contributed by atoms with Crippen molar-refractivity contribution in [3.8, 4) is 5.75 Å². The van der Waals surface area contributed by atoms with Crippen LogP contribution in [-0.4, -0.2) is 36.3 Å². The van der Waals surface area contributed by atoms with E-state index in [9.17, 15) is 18.8 Å². The number of ether oxygens (including phenoxy) is 1. The molecule has 0 spiro atoms. The maximum Gasteiger partial charge on any atom is 0.264 e. The number of nitrogens with zero attached hydrogens (tertiary/aromatic N) is 1. The van der Waals surface area contributed by atoms with E-state index in [1.165, 1.54) is 19.2 Å². The highest BCUT2D eigenvalue weighted by Crippen LogP contribution is 2.31. The van der Waals surface area contributed by atoms with E-state index in [-0.39, 0.29) is 24.1 Å². The minimum absolute atomic E-state index is 0.00963. The number of benzene rings is 2. The number of nitrogens with one attached hydrogen (secondary N) is 1. The van der Waals surface area contributed by atoms with Crippen molar-refractivity contribution < 1.29 is 23.5 Å². The highest BCUT2D eigenvalue weighted by molar-refractivity contribution is 6.31. The second-order valence-electron chi connectivity index (χ2n) is 6.02. The summed E-state index contributed by atoms with van der Waals surface area (Å²) in [4.78, 5) is 37.7. The van der Waals surface area contributed by atoms with E-state index < -0.39 is 23.5 Å². The van der Waals surface area contributed by atoms with E-state index in [0.29, 0.717) is 16.5 Å². The van der Waals surface area contributed by atoms with Crippen molar-refractivity contribution in [2.24, 2.45) is 0 Å². The van der Waals surface area contributed by atoms with Crippen molar-refractivity contribution in [2.75, 3.05) is 19.0 Å². The number of amides is 3. The largest absolute Gasteiger partial charge is 0.495 e. The molecule has 1 aliphatic rings. The van der Waals surface area contributed by atoms with Crippen LogP contribution in [0, 0.1) is 12.7 Å². The quantitative estimate of drug-likeness (QED) is 0.794. The Bertz CT molecular complexity index is 961. The van der Waals surface area contributed by atoms with Crippen LogP contribution in [0.1, 0.15) is 32.7 Å². The third-order valence-electron chi connectivity index (χ3n) is 4.27. The molecule has 0 fully saturated rings. The van der Waals surface area contributed by atoms with E-state index in [2.05, 4.69) is 5.32 Å². The first-order valence-electron chi connectivity index (χ1n) is 8.12. The molecule has 0 radical (unpaired) electrons. The van der Waals surface area contributed by atoms with Crippen LogP contribution in [0.5, 0.6) is 5.75 Å². The zero-order chi connectivity index (χ0) is 19.7. The first-order chi connectivity index (χ1) is 12.8. The number of aryl methyl sites for hydroxylation is 1. The second kappa shape index (κ2) is 7.36. The molecule has 27 heavy (non-hydrogen) atoms. The number of anilines is 1. The highest BCUT2D eigenvalue weighted by atomic mass is 35.5. The number of hydrogen-bond acceptors (Lipinski definition) is 4. The van der Waals surface area contributed by atoms with Gasteiger partial charge < -0.3 is 10.1 Å². The number of carbonyl (C=O) groups is 3. The number of fused-ring (bicyclic) bond motifs is 1. The van der Waals surface area contributed by atoms with Gasteiger partial charge in [-0.05, 0) is 30.7 Å². The summed E-state index contributed by atoms with van der Waals surface area (Å²) in [7, 11) is 1.45. The van der Waals surface area contributed by atoms with Crippen LogP contribution in [-0.2, 0) is 4.79 Å². The number of hydrogen-bond donors (Lipinski definition) is 1. The second-order valence-corrected chi connectivity index (χ2v) is 6.43. The molecular weight excluding hydrogens is 375 g/mol. The van der Waals surface area contributed by atoms with Crippen molar-refractivity contribution in [3.05, 3.63) is 57.9 Å². The van der Waals surface area contributed by atoms with Crippen molar-refractivity contribution in [1.29, 1.82) is 0 Å². The van der Waals surface area contributed by atoms with Gasteiger partial charge in [0.1, 0.15) is 11.6 Å². The number of imide groups is 1. The normalized spacial score (nSPS) is 13.0. The Kier molecular flexibility index (Phi) is 5.14. The molecule has 8 heteroatoms. The lowest BCUT2D eigenvalue weighted by Gasteiger charge is -2.15. The Morgan fingerprint density at radius 2 is 2.00 bits per heavy atom. The molecular formula is C19H16ClFN2O4. The van der Waals surface area contributed by atoms with Crippen LogP contribution >= 0.6 is 11.6 Å². The zero-order valence-electron chi connectivity index (χ0n) is 14.6. The van der Waals surface area contributed by atoms with Gasteiger partial charge in [-0.2, -0.15) is 0 Å². The van der Waals surface area contributed by atoms with Gasteiger partial charge in [0.15, 0.2) is 0 Å². The topological polar surface area (TPSA) is 75.7 Å². The van der Waals surface area contributed by atoms with Crippen molar-refractivity contribution in [3.63, 3.8) is 0 Å². The van der Waals surface area contributed by atoms with E-state index in [1.807, 2.05) is 0 Å². The van der Waals surface area contributed by atoms with Crippen LogP contribution in [0.25, 0.3) is 0 Å². The summed E-state index contributed by atoms with van der Waals surface area (Å²) in [6, 6.07) is 7.12. The SMILES string of the molecule is COc1cc(Cl)c(C)cc1NC(=O)CCN1C(=O)c2cccc(F)c2C1=O. The summed E-state index contributed by atoms with van der Waals surface area (Å²) < 4.78 is 19.0. The summed E-state index contributed by atoms with van der Waals surface area (Å²) in [5.74, 6) is -2.13. The van der Waals surface area contributed by atoms with Crippen molar-refractivity contribution in [2.45, 2.75) is 13.3 Å². The summed E-state index contributed by atoms with van der Waals surface area (Å²) in [5.41, 5.74) is 0.940. The predicted molar refractivity (Wildman–Crippen MR) is 97.8 cm³/mol. The molecule has 0 unspecified atom stereocenters. The van der Waals surface area contributed by atoms with Gasteiger partial charge in [0, 0.05) is 24.1 Å². The number of carbonyl (C=O) groups excluding carboxylic acids is 3. The maximum atomic E-state index is 13.8. The fraction of sp³-hybridized carbons (Fsp3) is 0.211. The molecule has 0 aromatic heterocycles. The molecule has 2 aromatic rings. The molecule has 3 rings (SSSR count). The Hall–Kier alpha value is -2.93. The predicted octanol–water partition coefficient (Wildman–Crippen LogP) is 3.42. The van der Waals surface area contributed by atoms with E-state index in [0.717, 1.165) is 16.5 Å². The van der Waals surface area contributed by atoms with Crippen LogP contribution in [0.15, 0.2) is 30.3 Å². The molecule has 140 valence electrons. The Morgan fingerprint density at radius 3 is 2.67 bits per heavy atom. The van der Waals surface area contributed by atoms with Gasteiger partial charge in [0.25, 0.3) is 11.8 Å². The monoisotopic (exact) mass is 390 g/mol. The third kappa shape index (κ3) is 3.50. The zero-order valence-corrected chi connectivity index (χ0v) is 15.4. The molecule has 6 nitrogen and oxygen atoms in total. The van der Waals surface area contributed by atoms with Gasteiger partial charge in [0.2, 0.25) is 5.91 Å². The van der Waals surface area contributed by atoms with Crippen LogP contribution in [0.2, 0.25) is 5.02 Å². The summed E-state index contributed by atoms with van der Waals surface area (Å²) in [6.07, 6.45) is -0.141. The van der Waals surface area contributed by atoms with Crippen LogP contribution < -0.4 is 10.1 Å². The van der Waals surface area contributed by atoms with E-state index in [1.54, 1.807) is 19.1 Å². The van der Waals surface area contributed by atoms with E-state index >= 15 is 0 Å². The minimum Gasteiger partial charge on any atom is -0.495 e. The number of halogens is 2. The third-order valence-corrected chi connectivity index (χ3v) is 4.67.